The van der Waals surface area contributed by atoms with Crippen molar-refractivity contribution in [3.8, 4) is 5.75 Å². The zero-order chi connectivity index (χ0) is 17.7. The predicted molar refractivity (Wildman–Crippen MR) is 84.7 cm³/mol. The van der Waals surface area contributed by atoms with E-state index >= 15 is 0 Å². The second-order valence-corrected chi connectivity index (χ2v) is 4.98. The number of ether oxygens (including phenoxy) is 1. The lowest BCUT2D eigenvalue weighted by Gasteiger charge is -2.13. The second kappa shape index (κ2) is 7.58. The number of carbonyl (C=O) groups is 2. The first-order chi connectivity index (χ1) is 11.4. The Morgan fingerprint density at radius 1 is 1.17 bits per heavy atom. The first-order valence-electron chi connectivity index (χ1n) is 7.07. The van der Waals surface area contributed by atoms with Gasteiger partial charge in [0.05, 0.1) is 12.7 Å². The molecule has 0 saturated carbocycles. The van der Waals surface area contributed by atoms with Gasteiger partial charge in [-0.25, -0.2) is 4.79 Å². The van der Waals surface area contributed by atoms with Crippen LogP contribution in [0, 0.1) is 0 Å². The standard InChI is InChI=1S/C17H17NO6/c1-24-14-8-10(16(20)21)6-7-11(14)9-18-15(19)12-4-2-3-5-13(12)17(22)23/h2-8,17,22-23H,9H2,1H3,(H,18,19)(H,20,21). The molecule has 126 valence electrons. The smallest absolute Gasteiger partial charge is 0.335 e. The van der Waals surface area contributed by atoms with Gasteiger partial charge in [0.25, 0.3) is 5.91 Å². The molecule has 0 radical (unpaired) electrons. The lowest BCUT2D eigenvalue weighted by atomic mass is 10.1. The Bertz CT molecular complexity index is 756. The Kier molecular flexibility index (Phi) is 5.51. The van der Waals surface area contributed by atoms with Gasteiger partial charge in [0.1, 0.15) is 5.75 Å². The van der Waals surface area contributed by atoms with Crippen LogP contribution >= 0.6 is 0 Å². The summed E-state index contributed by atoms with van der Waals surface area (Å²) in [5, 5.41) is 30.2. The summed E-state index contributed by atoms with van der Waals surface area (Å²) >= 11 is 0. The number of hydrogen-bond acceptors (Lipinski definition) is 5. The number of carbonyl (C=O) groups excluding carboxylic acids is 1. The molecule has 7 nitrogen and oxygen atoms in total. The van der Waals surface area contributed by atoms with Gasteiger partial charge in [-0.05, 0) is 18.2 Å². The number of methoxy groups -OCH3 is 1. The highest BCUT2D eigenvalue weighted by Crippen LogP contribution is 2.21. The maximum Gasteiger partial charge on any atom is 0.335 e. The van der Waals surface area contributed by atoms with E-state index in [2.05, 4.69) is 5.32 Å². The molecule has 0 fully saturated rings. The van der Waals surface area contributed by atoms with Gasteiger partial charge in [-0.15, -0.1) is 0 Å². The number of nitrogens with one attached hydrogen (secondary N) is 1. The molecule has 0 saturated heterocycles. The van der Waals surface area contributed by atoms with Crippen molar-refractivity contribution in [1.82, 2.24) is 5.32 Å². The van der Waals surface area contributed by atoms with Gasteiger partial charge in [-0.3, -0.25) is 4.79 Å². The highest BCUT2D eigenvalue weighted by Gasteiger charge is 2.16. The molecular formula is C17H17NO6. The molecule has 0 aromatic heterocycles. The van der Waals surface area contributed by atoms with E-state index in [4.69, 9.17) is 9.84 Å². The average Bonchev–Trinajstić information content (AvgIpc) is 2.59. The van der Waals surface area contributed by atoms with Crippen molar-refractivity contribution in [2.75, 3.05) is 7.11 Å². The molecule has 0 spiro atoms. The summed E-state index contributed by atoms with van der Waals surface area (Å²) in [4.78, 5) is 23.2. The Hall–Kier alpha value is -2.90. The molecule has 4 N–H and O–H groups in total. The maximum absolute atomic E-state index is 12.2. The van der Waals surface area contributed by atoms with Crippen molar-refractivity contribution in [2.45, 2.75) is 12.8 Å². The summed E-state index contributed by atoms with van der Waals surface area (Å²) in [5.74, 6) is -1.22. The van der Waals surface area contributed by atoms with E-state index in [0.717, 1.165) is 0 Å². The fraction of sp³-hybridized carbons (Fsp3) is 0.176. The van der Waals surface area contributed by atoms with E-state index in [1.165, 1.54) is 31.4 Å². The van der Waals surface area contributed by atoms with Crippen LogP contribution in [0.2, 0.25) is 0 Å². The Labute approximate surface area is 138 Å². The van der Waals surface area contributed by atoms with Crippen molar-refractivity contribution < 1.29 is 29.6 Å². The van der Waals surface area contributed by atoms with E-state index in [9.17, 15) is 19.8 Å². The van der Waals surface area contributed by atoms with E-state index in [1.54, 1.807) is 18.2 Å². The van der Waals surface area contributed by atoms with Crippen LogP contribution in [0.1, 0.15) is 38.1 Å². The van der Waals surface area contributed by atoms with Crippen LogP contribution in [0.4, 0.5) is 0 Å². The topological polar surface area (TPSA) is 116 Å². The summed E-state index contributed by atoms with van der Waals surface area (Å²) < 4.78 is 5.14. The van der Waals surface area contributed by atoms with E-state index in [-0.39, 0.29) is 23.2 Å². The van der Waals surface area contributed by atoms with Crippen LogP contribution in [0.25, 0.3) is 0 Å². The Morgan fingerprint density at radius 3 is 2.50 bits per heavy atom. The third kappa shape index (κ3) is 3.89. The number of carboxylic acid groups (broad SMARTS) is 1. The summed E-state index contributed by atoms with van der Waals surface area (Å²) in [6.45, 7) is 0.0950. The van der Waals surface area contributed by atoms with Crippen molar-refractivity contribution >= 4 is 11.9 Å². The van der Waals surface area contributed by atoms with Gasteiger partial charge in [0.2, 0.25) is 0 Å². The molecular weight excluding hydrogens is 314 g/mol. The average molecular weight is 331 g/mol. The number of hydrogen-bond donors (Lipinski definition) is 4. The van der Waals surface area contributed by atoms with Crippen LogP contribution in [0.5, 0.6) is 5.75 Å². The number of rotatable bonds is 6. The van der Waals surface area contributed by atoms with E-state index in [0.29, 0.717) is 11.3 Å². The van der Waals surface area contributed by atoms with Crippen molar-refractivity contribution in [3.05, 3.63) is 64.7 Å². The van der Waals surface area contributed by atoms with Crippen LogP contribution in [-0.2, 0) is 6.54 Å². The molecule has 0 atom stereocenters. The molecule has 0 aliphatic heterocycles. The predicted octanol–water partition coefficient (Wildman–Crippen LogP) is 1.31. The first kappa shape index (κ1) is 17.5. The lowest BCUT2D eigenvalue weighted by Crippen LogP contribution is -2.25. The van der Waals surface area contributed by atoms with Gasteiger partial charge in [-0.1, -0.05) is 24.3 Å². The Morgan fingerprint density at radius 2 is 1.88 bits per heavy atom. The van der Waals surface area contributed by atoms with Gasteiger partial charge >= 0.3 is 5.97 Å². The number of carboxylic acids is 1. The maximum atomic E-state index is 12.2. The number of aromatic carboxylic acids is 1. The van der Waals surface area contributed by atoms with Crippen molar-refractivity contribution in [2.24, 2.45) is 0 Å². The minimum absolute atomic E-state index is 0.0793. The van der Waals surface area contributed by atoms with Gasteiger partial charge in [0, 0.05) is 23.2 Å². The minimum atomic E-state index is -1.75. The molecule has 2 aromatic rings. The zero-order valence-electron chi connectivity index (χ0n) is 12.9. The van der Waals surface area contributed by atoms with Gasteiger partial charge < -0.3 is 25.4 Å². The molecule has 7 heteroatoms. The fourth-order valence-corrected chi connectivity index (χ4v) is 2.22. The molecule has 0 bridgehead atoms. The summed E-state index contributed by atoms with van der Waals surface area (Å²) in [6.07, 6.45) is -1.75. The molecule has 2 rings (SSSR count). The zero-order valence-corrected chi connectivity index (χ0v) is 12.9. The number of amides is 1. The molecule has 0 unspecified atom stereocenters. The first-order valence-corrected chi connectivity index (χ1v) is 7.07. The lowest BCUT2D eigenvalue weighted by molar-refractivity contribution is -0.0429. The fourth-order valence-electron chi connectivity index (χ4n) is 2.22. The molecule has 2 aromatic carbocycles. The second-order valence-electron chi connectivity index (χ2n) is 4.98. The number of aliphatic hydroxyl groups excluding tert-OH is 1. The molecule has 0 aliphatic carbocycles. The van der Waals surface area contributed by atoms with Crippen molar-refractivity contribution in [3.63, 3.8) is 0 Å². The molecule has 0 aliphatic rings. The van der Waals surface area contributed by atoms with Crippen LogP contribution in [-0.4, -0.2) is 34.3 Å². The highest BCUT2D eigenvalue weighted by molar-refractivity contribution is 5.95. The van der Waals surface area contributed by atoms with E-state index in [1.807, 2.05) is 0 Å². The largest absolute Gasteiger partial charge is 0.496 e. The Balaban J connectivity index is 2.16. The quantitative estimate of drug-likeness (QED) is 0.593. The summed E-state index contributed by atoms with van der Waals surface area (Å²) in [6, 6.07) is 10.5. The molecule has 0 heterocycles. The molecule has 1 amide bonds. The number of benzene rings is 2. The number of aliphatic hydroxyl groups is 2. The van der Waals surface area contributed by atoms with Crippen molar-refractivity contribution in [1.29, 1.82) is 0 Å². The minimum Gasteiger partial charge on any atom is -0.496 e. The third-order valence-electron chi connectivity index (χ3n) is 3.46. The summed E-state index contributed by atoms with van der Waals surface area (Å²) in [5.41, 5.74) is 0.922. The van der Waals surface area contributed by atoms with E-state index < -0.39 is 18.2 Å². The monoisotopic (exact) mass is 331 g/mol. The summed E-state index contributed by atoms with van der Waals surface area (Å²) in [7, 11) is 1.41. The van der Waals surface area contributed by atoms with Crippen LogP contribution < -0.4 is 10.1 Å². The molecule has 24 heavy (non-hydrogen) atoms. The van der Waals surface area contributed by atoms with Gasteiger partial charge in [0.15, 0.2) is 6.29 Å². The van der Waals surface area contributed by atoms with Crippen LogP contribution in [0.15, 0.2) is 42.5 Å². The normalized spacial score (nSPS) is 10.5. The third-order valence-corrected chi connectivity index (χ3v) is 3.46. The highest BCUT2D eigenvalue weighted by atomic mass is 16.5. The SMILES string of the molecule is COc1cc(C(=O)O)ccc1CNC(=O)c1ccccc1C(O)O. The van der Waals surface area contributed by atoms with Gasteiger partial charge in [-0.2, -0.15) is 0 Å². The van der Waals surface area contributed by atoms with Crippen LogP contribution in [0.3, 0.4) is 0 Å².